The van der Waals surface area contributed by atoms with Crippen LogP contribution in [-0.4, -0.2) is 88.2 Å². The summed E-state index contributed by atoms with van der Waals surface area (Å²) in [5, 5.41) is 19.2. The number of aromatic nitrogens is 3. The Morgan fingerprint density at radius 1 is 0.382 bits per heavy atom. The number of nitrogens with one attached hydrogen (secondary N) is 9. The minimum Gasteiger partial charge on any atom is -0.361 e. The van der Waals surface area contributed by atoms with Crippen molar-refractivity contribution in [2.45, 2.75) is 101 Å². The van der Waals surface area contributed by atoms with Crippen LogP contribution in [0.5, 0.6) is 0 Å². The number of carbonyl (C=O) groups is 6. The van der Waals surface area contributed by atoms with Crippen LogP contribution in [0.1, 0.15) is 97.1 Å². The molecule has 0 saturated heterocycles. The third-order valence-corrected chi connectivity index (χ3v) is 15.6. The maximum absolute atomic E-state index is 14.2. The van der Waals surface area contributed by atoms with Crippen LogP contribution >= 0.6 is 12.4 Å². The van der Waals surface area contributed by atoms with Gasteiger partial charge in [-0.15, -0.1) is 12.4 Å². The van der Waals surface area contributed by atoms with Crippen molar-refractivity contribution in [1.82, 2.24) is 30.9 Å². The van der Waals surface area contributed by atoms with Gasteiger partial charge in [0, 0.05) is 74.3 Å². The van der Waals surface area contributed by atoms with Crippen molar-refractivity contribution in [2.75, 3.05) is 35.6 Å². The number of H-pyrrole nitrogens is 3. The molecule has 0 aliphatic heterocycles. The standard InChI is InChI=1S/C67H73F3N12O6.ClH/c68-46-16-25-55-52(34-46)43(37-74-55)31-61(83)80-58(7-1-4-28-71)65(86)77-49-19-10-40(11-20-49)64(41-12-21-50(22-13-41)78-66(87)59(8-2-5-29-72)81-62(84)32-44-38-75-56-26-17-47(69)35-53(44)56)42-14-23-51(24-15-42)79-67(88)60(9-3-6-30-73)82-63(85)33-45-39-76-57-27-18-48(70)36-54(45)57;/h10-27,34-39,58-60,64,74-76H,1-9,28-33,71-73H2,(H,77,86)(H,78,87)(H,79,88)(H,80,83)(H,81,84)(H,82,85);1H/t58-,59-,60-;/m0./s1. The van der Waals surface area contributed by atoms with Crippen LogP contribution in [0.25, 0.3) is 32.7 Å². The number of hydrogen-bond acceptors (Lipinski definition) is 9. The van der Waals surface area contributed by atoms with E-state index in [1.54, 1.807) is 73.2 Å². The highest BCUT2D eigenvalue weighted by Gasteiger charge is 2.26. The minimum absolute atomic E-state index is 0. The Morgan fingerprint density at radius 3 is 0.910 bits per heavy atom. The van der Waals surface area contributed by atoms with Crippen molar-refractivity contribution < 1.29 is 41.9 Å². The summed E-state index contributed by atoms with van der Waals surface area (Å²) in [4.78, 5) is 91.5. The highest BCUT2D eigenvalue weighted by molar-refractivity contribution is 6.00. The zero-order chi connectivity index (χ0) is 62.1. The summed E-state index contributed by atoms with van der Waals surface area (Å²) in [5.41, 5.74) is 25.0. The summed E-state index contributed by atoms with van der Waals surface area (Å²) in [7, 11) is 0. The van der Waals surface area contributed by atoms with Gasteiger partial charge in [-0.25, -0.2) is 13.2 Å². The van der Waals surface area contributed by atoms with Gasteiger partial charge in [0.15, 0.2) is 0 Å². The first-order valence-corrected chi connectivity index (χ1v) is 29.6. The topological polar surface area (TPSA) is 300 Å². The molecule has 3 heterocycles. The first-order valence-electron chi connectivity index (χ1n) is 29.6. The molecule has 0 aliphatic rings. The predicted octanol–water partition coefficient (Wildman–Crippen LogP) is 9.53. The predicted molar refractivity (Wildman–Crippen MR) is 344 cm³/mol. The summed E-state index contributed by atoms with van der Waals surface area (Å²) in [6.07, 6.45) is 9.29. The zero-order valence-corrected chi connectivity index (χ0v) is 49.8. The molecule has 466 valence electrons. The molecule has 0 saturated carbocycles. The van der Waals surface area contributed by atoms with E-state index in [1.807, 2.05) is 36.4 Å². The molecule has 15 N–H and O–H groups in total. The van der Waals surface area contributed by atoms with Crippen molar-refractivity contribution in [3.8, 4) is 0 Å². The fourth-order valence-electron chi connectivity index (χ4n) is 11.0. The molecule has 3 aromatic heterocycles. The second-order valence-electron chi connectivity index (χ2n) is 22.0. The summed E-state index contributed by atoms with van der Waals surface area (Å²) >= 11 is 0. The Balaban J connectivity index is 0.0000102. The number of nitrogens with two attached hydrogens (primary N) is 3. The van der Waals surface area contributed by atoms with Crippen LogP contribution in [0.2, 0.25) is 0 Å². The molecule has 0 aliphatic carbocycles. The normalized spacial score (nSPS) is 12.3. The molecule has 18 nitrogen and oxygen atoms in total. The molecule has 0 bridgehead atoms. The fraction of sp³-hybridized carbons (Fsp3) is 0.284. The highest BCUT2D eigenvalue weighted by atomic mass is 35.5. The van der Waals surface area contributed by atoms with Crippen molar-refractivity contribution in [1.29, 1.82) is 0 Å². The van der Waals surface area contributed by atoms with Crippen molar-refractivity contribution >= 4 is 97.6 Å². The minimum atomic E-state index is -0.906. The third kappa shape index (κ3) is 17.7. The summed E-state index contributed by atoms with van der Waals surface area (Å²) in [6, 6.07) is 31.9. The second kappa shape index (κ2) is 31.6. The van der Waals surface area contributed by atoms with E-state index in [0.29, 0.717) is 144 Å². The molecule has 9 rings (SSSR count). The van der Waals surface area contributed by atoms with E-state index < -0.39 is 76.9 Å². The van der Waals surface area contributed by atoms with Crippen molar-refractivity contribution in [2.24, 2.45) is 17.2 Å². The number of unbranched alkanes of at least 4 members (excludes halogenated alkanes) is 3. The lowest BCUT2D eigenvalue weighted by Crippen LogP contribution is -2.44. The van der Waals surface area contributed by atoms with E-state index in [9.17, 15) is 41.9 Å². The van der Waals surface area contributed by atoms with Gasteiger partial charge in [0.05, 0.1) is 19.3 Å². The number of carbonyl (C=O) groups excluding carboxylic acids is 6. The Bertz CT molecular complexity index is 3490. The molecule has 6 aromatic carbocycles. The first-order chi connectivity index (χ1) is 42.6. The zero-order valence-electron chi connectivity index (χ0n) is 49.0. The number of fused-ring (bicyclic) bond motifs is 3. The van der Waals surface area contributed by atoms with Crippen LogP contribution < -0.4 is 49.1 Å². The van der Waals surface area contributed by atoms with E-state index in [0.717, 1.165) is 16.7 Å². The van der Waals surface area contributed by atoms with E-state index in [-0.39, 0.29) is 31.7 Å². The van der Waals surface area contributed by atoms with E-state index in [1.165, 1.54) is 36.4 Å². The van der Waals surface area contributed by atoms with E-state index >= 15 is 0 Å². The number of benzene rings is 6. The molecule has 0 unspecified atom stereocenters. The van der Waals surface area contributed by atoms with E-state index in [4.69, 9.17) is 17.2 Å². The molecular formula is C67H74ClF3N12O6. The van der Waals surface area contributed by atoms with Crippen molar-refractivity contribution in [3.05, 3.63) is 197 Å². The monoisotopic (exact) mass is 1230 g/mol. The number of hydrogen-bond donors (Lipinski definition) is 12. The Morgan fingerprint density at radius 2 is 0.652 bits per heavy atom. The van der Waals surface area contributed by atoms with Crippen LogP contribution in [0.4, 0.5) is 30.2 Å². The van der Waals surface area contributed by atoms with Crippen molar-refractivity contribution in [3.63, 3.8) is 0 Å². The Kier molecular flexibility index (Phi) is 23.3. The first kappa shape index (κ1) is 65.7. The lowest BCUT2D eigenvalue weighted by Gasteiger charge is -2.22. The molecule has 3 atom stereocenters. The van der Waals surface area contributed by atoms with E-state index in [2.05, 4.69) is 46.9 Å². The fourth-order valence-corrected chi connectivity index (χ4v) is 11.0. The Labute approximate surface area is 518 Å². The number of amides is 6. The van der Waals surface area contributed by atoms with Gasteiger partial charge in [-0.2, -0.15) is 0 Å². The van der Waals surface area contributed by atoms with Gasteiger partial charge >= 0.3 is 0 Å². The van der Waals surface area contributed by atoms with Gasteiger partial charge in [-0.05, 0) is 202 Å². The van der Waals surface area contributed by atoms with Crippen LogP contribution in [0, 0.1) is 17.5 Å². The SMILES string of the molecule is Cl.NCCCC[C@H](NC(=O)Cc1c[nH]c2ccc(F)cc12)C(=O)Nc1ccc(C(c2ccc(NC(=O)[C@H](CCCCN)NC(=O)Cc3c[nH]c4ccc(F)cc34)cc2)c2ccc(NC(=O)[C@H](CCCCN)NC(=O)Cc3c[nH]c4ccc(F)cc34)cc2)cc1. The average molecular weight is 1240 g/mol. The quantitative estimate of drug-likeness (QED) is 0.0150. The molecule has 0 fully saturated rings. The lowest BCUT2D eigenvalue weighted by atomic mass is 9.85. The Hall–Kier alpha value is -9.28. The second-order valence-corrected chi connectivity index (χ2v) is 22.0. The van der Waals surface area contributed by atoms with Gasteiger partial charge in [0.1, 0.15) is 35.6 Å². The van der Waals surface area contributed by atoms with Gasteiger partial charge in [-0.3, -0.25) is 28.8 Å². The molecule has 0 radical (unpaired) electrons. The number of halogens is 4. The summed E-state index contributed by atoms with van der Waals surface area (Å²) in [6.45, 7) is 1.22. The smallest absolute Gasteiger partial charge is 0.246 e. The molecule has 6 amide bonds. The highest BCUT2D eigenvalue weighted by Crippen LogP contribution is 2.35. The summed E-state index contributed by atoms with van der Waals surface area (Å²) < 4.78 is 42.5. The number of rotatable bonds is 30. The van der Waals surface area contributed by atoms with Crippen LogP contribution in [0.15, 0.2) is 146 Å². The molecule has 9 aromatic rings. The van der Waals surface area contributed by atoms with Crippen LogP contribution in [-0.2, 0) is 48.0 Å². The van der Waals surface area contributed by atoms with Gasteiger partial charge < -0.3 is 64.1 Å². The maximum atomic E-state index is 14.2. The van der Waals surface area contributed by atoms with Gasteiger partial charge in [0.25, 0.3) is 0 Å². The lowest BCUT2D eigenvalue weighted by molar-refractivity contribution is -0.126. The van der Waals surface area contributed by atoms with Gasteiger partial charge in [0.2, 0.25) is 35.4 Å². The molecule has 0 spiro atoms. The molecule has 22 heteroatoms. The third-order valence-electron chi connectivity index (χ3n) is 15.6. The van der Waals surface area contributed by atoms with Gasteiger partial charge in [-0.1, -0.05) is 36.4 Å². The van der Waals surface area contributed by atoms with Crippen LogP contribution in [0.3, 0.4) is 0 Å². The number of anilines is 3. The molecule has 89 heavy (non-hydrogen) atoms. The maximum Gasteiger partial charge on any atom is 0.246 e. The average Bonchev–Trinajstić information content (AvgIpc) is 3.16. The number of aromatic amines is 3. The largest absolute Gasteiger partial charge is 0.361 e. The molecular weight excluding hydrogens is 1160 g/mol. The summed E-state index contributed by atoms with van der Waals surface area (Å²) in [5.74, 6) is -4.30.